The van der Waals surface area contributed by atoms with E-state index in [0.29, 0.717) is 0 Å². The molecule has 0 aromatic heterocycles. The molecule has 0 fully saturated rings. The number of hydrogen-bond acceptors (Lipinski definition) is 3. The Hall–Kier alpha value is -1.16. The first-order valence-electron chi connectivity index (χ1n) is 5.28. The van der Waals surface area contributed by atoms with Gasteiger partial charge in [0.2, 0.25) is 0 Å². The molecule has 0 saturated carbocycles. The van der Waals surface area contributed by atoms with Crippen LogP contribution in [0, 0.1) is 0 Å². The molecule has 16 heavy (non-hydrogen) atoms. The Morgan fingerprint density at radius 2 is 2.31 bits per heavy atom. The highest BCUT2D eigenvalue weighted by molar-refractivity contribution is 8.13. The van der Waals surface area contributed by atoms with Crippen LogP contribution in [0.4, 0.5) is 4.79 Å². The molecule has 0 bridgehead atoms. The molecule has 3 nitrogen and oxygen atoms in total. The van der Waals surface area contributed by atoms with Crippen LogP contribution < -0.4 is 10.1 Å². The molecule has 1 atom stereocenters. The minimum Gasteiger partial charge on any atom is -0.497 e. The molecule has 0 saturated heterocycles. The molecule has 88 valence electrons. The molecule has 1 aromatic rings. The first-order chi connectivity index (χ1) is 7.65. The minimum atomic E-state index is -0.0254. The average Bonchev–Trinajstić information content (AvgIpc) is 2.28. The smallest absolute Gasteiger partial charge is 0.284 e. The monoisotopic (exact) mass is 239 g/mol. The van der Waals surface area contributed by atoms with Crippen molar-refractivity contribution in [3.05, 3.63) is 24.3 Å². The third kappa shape index (κ3) is 4.14. The second-order valence-corrected chi connectivity index (χ2v) is 4.57. The zero-order valence-electron chi connectivity index (χ0n) is 9.82. The van der Waals surface area contributed by atoms with Crippen LogP contribution in [0.25, 0.3) is 0 Å². The van der Waals surface area contributed by atoms with Crippen molar-refractivity contribution in [2.45, 2.75) is 31.2 Å². The van der Waals surface area contributed by atoms with E-state index in [1.165, 1.54) is 11.8 Å². The molecule has 1 N–H and O–H groups in total. The van der Waals surface area contributed by atoms with Crippen molar-refractivity contribution in [2.75, 3.05) is 7.11 Å². The van der Waals surface area contributed by atoms with Crippen LogP contribution in [0.1, 0.15) is 20.3 Å². The van der Waals surface area contributed by atoms with Gasteiger partial charge >= 0.3 is 0 Å². The molecule has 0 heterocycles. The Kier molecular flexibility index (Phi) is 5.19. The molecule has 1 aromatic carbocycles. The molecular weight excluding hydrogens is 222 g/mol. The summed E-state index contributed by atoms with van der Waals surface area (Å²) in [5.41, 5.74) is 0. The van der Waals surface area contributed by atoms with Crippen molar-refractivity contribution in [2.24, 2.45) is 0 Å². The summed E-state index contributed by atoms with van der Waals surface area (Å²) >= 11 is 1.19. The highest BCUT2D eigenvalue weighted by Crippen LogP contribution is 2.23. The Bertz CT molecular complexity index is 355. The zero-order chi connectivity index (χ0) is 12.0. The summed E-state index contributed by atoms with van der Waals surface area (Å²) in [6.07, 6.45) is 0.935. The normalized spacial score (nSPS) is 11.9. The minimum absolute atomic E-state index is 0.0254. The lowest BCUT2D eigenvalue weighted by Gasteiger charge is -2.10. The van der Waals surface area contributed by atoms with Gasteiger partial charge in [-0.25, -0.2) is 0 Å². The van der Waals surface area contributed by atoms with Crippen molar-refractivity contribution >= 4 is 17.0 Å². The molecule has 4 heteroatoms. The second-order valence-electron chi connectivity index (χ2n) is 3.52. The molecule has 0 aliphatic carbocycles. The summed E-state index contributed by atoms with van der Waals surface area (Å²) < 4.78 is 5.09. The summed E-state index contributed by atoms with van der Waals surface area (Å²) in [7, 11) is 1.61. The quantitative estimate of drug-likeness (QED) is 0.819. The number of nitrogens with one attached hydrogen (secondary N) is 1. The fourth-order valence-electron chi connectivity index (χ4n) is 1.10. The van der Waals surface area contributed by atoms with Crippen LogP contribution in [0.15, 0.2) is 29.2 Å². The molecule has 0 spiro atoms. The number of methoxy groups -OCH3 is 1. The van der Waals surface area contributed by atoms with E-state index < -0.39 is 0 Å². The summed E-state index contributed by atoms with van der Waals surface area (Å²) in [6.45, 7) is 4.03. The highest BCUT2D eigenvalue weighted by atomic mass is 32.2. The SMILES string of the molecule is CCC(C)NC(=O)Sc1cccc(OC)c1. The van der Waals surface area contributed by atoms with Gasteiger partial charge in [0.15, 0.2) is 0 Å². The van der Waals surface area contributed by atoms with E-state index in [1.54, 1.807) is 7.11 Å². The van der Waals surface area contributed by atoms with E-state index in [1.807, 2.05) is 38.1 Å². The Morgan fingerprint density at radius 3 is 2.94 bits per heavy atom. The van der Waals surface area contributed by atoms with E-state index in [4.69, 9.17) is 4.74 Å². The number of thioether (sulfide) groups is 1. The van der Waals surface area contributed by atoms with Crippen molar-refractivity contribution in [1.82, 2.24) is 5.32 Å². The second kappa shape index (κ2) is 6.43. The van der Waals surface area contributed by atoms with Crippen LogP contribution in [0.3, 0.4) is 0 Å². The third-order valence-electron chi connectivity index (χ3n) is 2.23. The molecule has 0 aliphatic heterocycles. The zero-order valence-corrected chi connectivity index (χ0v) is 10.6. The number of benzene rings is 1. The van der Waals surface area contributed by atoms with Gasteiger partial charge in [-0.1, -0.05) is 13.0 Å². The standard InChI is InChI=1S/C12H17NO2S/c1-4-9(2)13-12(14)16-11-7-5-6-10(8-11)15-3/h5-9H,4H2,1-3H3,(H,13,14). The van der Waals surface area contributed by atoms with Crippen molar-refractivity contribution in [3.8, 4) is 5.75 Å². The average molecular weight is 239 g/mol. The summed E-state index contributed by atoms with van der Waals surface area (Å²) in [5.74, 6) is 0.765. The van der Waals surface area contributed by atoms with Crippen molar-refractivity contribution in [1.29, 1.82) is 0 Å². The molecule has 0 aliphatic rings. The van der Waals surface area contributed by atoms with Gasteiger partial charge in [0.1, 0.15) is 5.75 Å². The maximum absolute atomic E-state index is 11.6. The summed E-state index contributed by atoms with van der Waals surface area (Å²) in [6, 6.07) is 7.68. The highest BCUT2D eigenvalue weighted by Gasteiger charge is 2.07. The van der Waals surface area contributed by atoms with Gasteiger partial charge in [0.25, 0.3) is 5.24 Å². The van der Waals surface area contributed by atoms with Gasteiger partial charge in [-0.15, -0.1) is 0 Å². The van der Waals surface area contributed by atoms with Gasteiger partial charge in [-0.05, 0) is 43.3 Å². The number of hydrogen-bond donors (Lipinski definition) is 1. The van der Waals surface area contributed by atoms with Gasteiger partial charge < -0.3 is 10.1 Å². The van der Waals surface area contributed by atoms with Gasteiger partial charge in [-0.2, -0.15) is 0 Å². The van der Waals surface area contributed by atoms with E-state index in [0.717, 1.165) is 17.1 Å². The first kappa shape index (κ1) is 12.9. The van der Waals surface area contributed by atoms with E-state index >= 15 is 0 Å². The number of carbonyl (C=O) groups excluding carboxylic acids is 1. The molecule has 0 radical (unpaired) electrons. The number of ether oxygens (including phenoxy) is 1. The van der Waals surface area contributed by atoms with Crippen LogP contribution in [-0.4, -0.2) is 18.4 Å². The molecule has 1 rings (SSSR count). The fourth-order valence-corrected chi connectivity index (χ4v) is 1.90. The Labute approximate surface area is 101 Å². The predicted molar refractivity (Wildman–Crippen MR) is 67.1 cm³/mol. The number of carbonyl (C=O) groups is 1. The van der Waals surface area contributed by atoms with Crippen LogP contribution >= 0.6 is 11.8 Å². The Balaban J connectivity index is 2.55. The molecule has 1 amide bonds. The molecular formula is C12H17NO2S. The van der Waals surface area contributed by atoms with Gasteiger partial charge in [-0.3, -0.25) is 4.79 Å². The maximum atomic E-state index is 11.6. The maximum Gasteiger partial charge on any atom is 0.284 e. The number of rotatable bonds is 4. The van der Waals surface area contributed by atoms with Crippen LogP contribution in [0.2, 0.25) is 0 Å². The van der Waals surface area contributed by atoms with Crippen molar-refractivity contribution < 1.29 is 9.53 Å². The Morgan fingerprint density at radius 1 is 1.56 bits per heavy atom. The summed E-state index contributed by atoms with van der Waals surface area (Å²) in [4.78, 5) is 12.5. The van der Waals surface area contributed by atoms with Crippen LogP contribution in [0.5, 0.6) is 5.75 Å². The molecule has 1 unspecified atom stereocenters. The first-order valence-corrected chi connectivity index (χ1v) is 6.09. The number of amides is 1. The fraction of sp³-hybridized carbons (Fsp3) is 0.417. The van der Waals surface area contributed by atoms with Crippen LogP contribution in [-0.2, 0) is 0 Å². The van der Waals surface area contributed by atoms with E-state index in [2.05, 4.69) is 5.32 Å². The lowest BCUT2D eigenvalue weighted by molar-refractivity contribution is 0.258. The predicted octanol–water partition coefficient (Wildman–Crippen LogP) is 3.30. The largest absolute Gasteiger partial charge is 0.497 e. The lowest BCUT2D eigenvalue weighted by atomic mass is 10.3. The van der Waals surface area contributed by atoms with Gasteiger partial charge in [0.05, 0.1) is 7.11 Å². The van der Waals surface area contributed by atoms with Gasteiger partial charge in [0, 0.05) is 10.9 Å². The van der Waals surface area contributed by atoms with E-state index in [9.17, 15) is 4.79 Å². The summed E-state index contributed by atoms with van der Waals surface area (Å²) in [5, 5.41) is 2.87. The van der Waals surface area contributed by atoms with E-state index in [-0.39, 0.29) is 11.3 Å². The third-order valence-corrected chi connectivity index (χ3v) is 3.02. The van der Waals surface area contributed by atoms with Crippen molar-refractivity contribution in [3.63, 3.8) is 0 Å². The topological polar surface area (TPSA) is 38.3 Å². The lowest BCUT2D eigenvalue weighted by Crippen LogP contribution is -2.28.